The van der Waals surface area contributed by atoms with Crippen LogP contribution < -0.4 is 103 Å². The number of unbranched alkanes of at least 4 members (excludes halogenated alkanes) is 2. The van der Waals surface area contributed by atoms with Crippen LogP contribution in [0.4, 0.5) is 0 Å². The maximum atomic E-state index is 14.5. The van der Waals surface area contributed by atoms with Crippen LogP contribution >= 0.6 is 12.6 Å². The van der Waals surface area contributed by atoms with Crippen molar-refractivity contribution in [3.8, 4) is 0 Å². The van der Waals surface area contributed by atoms with E-state index >= 15 is 0 Å². The number of hydrogen-bond donors (Lipinski definition) is 24. The summed E-state index contributed by atoms with van der Waals surface area (Å²) < 4.78 is 0. The van der Waals surface area contributed by atoms with Crippen LogP contribution in [0.2, 0.25) is 0 Å². The average molecular weight is 1530 g/mol. The van der Waals surface area contributed by atoms with Gasteiger partial charge < -0.3 is 118 Å². The van der Waals surface area contributed by atoms with Gasteiger partial charge in [0.05, 0.1) is 37.1 Å². The molecule has 39 nitrogen and oxygen atoms in total. The number of carbonyl (C=O) groups excluding carboxylic acids is 14. The Hall–Kier alpha value is -10.1. The van der Waals surface area contributed by atoms with Crippen LogP contribution in [0, 0.1) is 23.2 Å². The molecular formula is C67H112N22O17S. The molecular weight excluding hydrogens is 1420 g/mol. The minimum absolute atomic E-state index is 0.0233. The summed E-state index contributed by atoms with van der Waals surface area (Å²) in [7, 11) is 0. The molecule has 598 valence electrons. The van der Waals surface area contributed by atoms with Crippen LogP contribution in [0.25, 0.3) is 0 Å². The number of hydrogen-bond acceptors (Lipinski definition) is 22. The number of carbonyl (C=O) groups is 15. The second-order valence-electron chi connectivity index (χ2n) is 26.8. The van der Waals surface area contributed by atoms with E-state index in [0.29, 0.717) is 43.5 Å². The second-order valence-corrected chi connectivity index (χ2v) is 27.2. The third-order valence-corrected chi connectivity index (χ3v) is 17.0. The van der Waals surface area contributed by atoms with Crippen molar-refractivity contribution >= 4 is 107 Å². The number of nitrogens with two attached hydrogens (primary N) is 5. The highest BCUT2D eigenvalue weighted by Gasteiger charge is 2.39. The first-order valence-electron chi connectivity index (χ1n) is 35.3. The third-order valence-electron chi connectivity index (χ3n) is 16.6. The Morgan fingerprint density at radius 2 is 0.916 bits per heavy atom. The number of aromatic nitrogens is 2. The number of aromatic amines is 1. The maximum absolute atomic E-state index is 14.5. The highest BCUT2D eigenvalue weighted by Crippen LogP contribution is 2.14. The van der Waals surface area contributed by atoms with Gasteiger partial charge in [0.1, 0.15) is 72.5 Å². The number of imidazole rings is 1. The van der Waals surface area contributed by atoms with E-state index in [9.17, 15) is 82.1 Å². The molecule has 0 saturated carbocycles. The number of benzene rings is 1. The average Bonchev–Trinajstić information content (AvgIpc) is 1.30. The molecule has 14 atom stereocenters. The second kappa shape index (κ2) is 48.2. The Morgan fingerprint density at radius 1 is 0.486 bits per heavy atom. The van der Waals surface area contributed by atoms with E-state index < -0.39 is 210 Å². The standard InChI is InChI=1S/C67H112N22O17S/c1-33(2)50(88-63(102)51(34(3)4)86-60(99)46(28-48(71)91)80-49(92)30-76-54(93)36(7)78-58(97)44(26-39-18-11-10-12-19-39)83-55(94)41(70)20-13-15-23-68)62(101)82-43(22-17-25-75-67(72)73)56(95)81-42(21-14-16-24-69)57(96)85-47(31-107)61(100)87-52(35(5)6)64(103)89-53(38(9)90)65(104)84-45(27-40-29-74-32-77-40)59(98)79-37(8)66(105)106/h10-12,18-19,29,32-38,41-47,50-53,90,107H,13-17,20-28,30-31,68-70H2,1-9H3,(H2,71,91)(H,74,77)(H,76,93)(H,78,97)(H,79,98)(H,80,92)(H,81,95)(H,82,101)(H,83,94)(H,84,104)(H,85,96)(H,86,99)(H,87,100)(H,88,102)(H,89,103)(H,105,106)(H4,72,73,75)/t36-,37-,38+,41-,42-,43-,44-,45-,46-,47-,50-,51-,52-,53-/m0/s1. The van der Waals surface area contributed by atoms with Gasteiger partial charge in [-0.3, -0.25) is 77.3 Å². The molecule has 0 aliphatic heterocycles. The minimum Gasteiger partial charge on any atom is -0.480 e. The first-order valence-corrected chi connectivity index (χ1v) is 36.0. The predicted octanol–water partition coefficient (Wildman–Crippen LogP) is -6.74. The number of H-pyrrole nitrogens is 1. The zero-order valence-electron chi connectivity index (χ0n) is 62.0. The summed E-state index contributed by atoms with van der Waals surface area (Å²) in [4.78, 5) is 210. The number of guanidine groups is 1. The highest BCUT2D eigenvalue weighted by atomic mass is 32.1. The van der Waals surface area contributed by atoms with Crippen molar-refractivity contribution in [3.05, 3.63) is 54.1 Å². The quantitative estimate of drug-likeness (QED) is 0.0127. The lowest BCUT2D eigenvalue weighted by atomic mass is 9.98. The third kappa shape index (κ3) is 34.4. The number of primary amides is 1. The van der Waals surface area contributed by atoms with Gasteiger partial charge in [-0.05, 0) is 102 Å². The summed E-state index contributed by atoms with van der Waals surface area (Å²) in [6, 6.07) is -9.79. The van der Waals surface area contributed by atoms with E-state index in [1.807, 2.05) is 0 Å². The molecule has 0 radical (unpaired) electrons. The first-order chi connectivity index (χ1) is 50.3. The Balaban J connectivity index is 2.33. The lowest BCUT2D eigenvalue weighted by Gasteiger charge is -2.30. The van der Waals surface area contributed by atoms with E-state index in [1.54, 1.807) is 58.0 Å². The van der Waals surface area contributed by atoms with Crippen molar-refractivity contribution in [2.45, 2.75) is 218 Å². The molecule has 1 aromatic carbocycles. The Morgan fingerprint density at radius 3 is 1.40 bits per heavy atom. The summed E-state index contributed by atoms with van der Waals surface area (Å²) in [6.07, 6.45) is 2.07. The van der Waals surface area contributed by atoms with Crippen LogP contribution in [0.5, 0.6) is 0 Å². The monoisotopic (exact) mass is 1530 g/mol. The van der Waals surface area contributed by atoms with Crippen molar-refractivity contribution < 1.29 is 82.1 Å². The zero-order chi connectivity index (χ0) is 80.8. The van der Waals surface area contributed by atoms with Gasteiger partial charge in [0.15, 0.2) is 5.96 Å². The minimum atomic E-state index is -1.75. The molecule has 0 aliphatic carbocycles. The predicted molar refractivity (Wildman–Crippen MR) is 394 cm³/mol. The number of nitrogens with zero attached hydrogens (tertiary/aromatic N) is 1. The first kappa shape index (κ1) is 93.0. The summed E-state index contributed by atoms with van der Waals surface area (Å²) in [5.74, 6) is -17.4. The number of carboxylic acid groups (broad SMARTS) is 1. The van der Waals surface area contributed by atoms with E-state index in [2.05, 4.69) is 97.0 Å². The Kier molecular flexibility index (Phi) is 41.9. The number of aliphatic carboxylic acids is 1. The van der Waals surface area contributed by atoms with E-state index in [1.165, 1.54) is 47.1 Å². The zero-order valence-corrected chi connectivity index (χ0v) is 62.9. The molecule has 28 N–H and O–H groups in total. The largest absolute Gasteiger partial charge is 0.480 e. The normalized spacial score (nSPS) is 15.1. The summed E-state index contributed by atoms with van der Waals surface area (Å²) in [6.45, 7) is 12.8. The number of amides is 14. The fraction of sp³-hybridized carbons (Fsp3) is 0.627. The van der Waals surface area contributed by atoms with Gasteiger partial charge in [0.2, 0.25) is 82.7 Å². The molecule has 0 aliphatic rings. The molecule has 0 spiro atoms. The fourth-order valence-corrected chi connectivity index (χ4v) is 10.6. The van der Waals surface area contributed by atoms with Crippen LogP contribution in [0.3, 0.4) is 0 Å². The fourth-order valence-electron chi connectivity index (χ4n) is 10.4. The smallest absolute Gasteiger partial charge is 0.325 e. The van der Waals surface area contributed by atoms with Crippen molar-refractivity contribution in [1.29, 1.82) is 5.41 Å². The van der Waals surface area contributed by atoms with Gasteiger partial charge in [0, 0.05) is 31.3 Å². The van der Waals surface area contributed by atoms with Gasteiger partial charge >= 0.3 is 5.97 Å². The van der Waals surface area contributed by atoms with Crippen molar-refractivity contribution in [2.24, 2.45) is 46.4 Å². The van der Waals surface area contributed by atoms with E-state index in [0.717, 1.165) is 0 Å². The molecule has 2 aromatic rings. The number of thiol groups is 1. The Labute approximate surface area is 626 Å². The van der Waals surface area contributed by atoms with Gasteiger partial charge in [-0.15, -0.1) is 0 Å². The summed E-state index contributed by atoms with van der Waals surface area (Å²) in [5, 5.41) is 62.7. The summed E-state index contributed by atoms with van der Waals surface area (Å²) in [5.41, 5.74) is 29.4. The molecule has 40 heteroatoms. The van der Waals surface area contributed by atoms with Crippen LogP contribution in [-0.4, -0.2) is 231 Å². The number of aliphatic hydroxyl groups excluding tert-OH is 1. The van der Waals surface area contributed by atoms with Crippen molar-refractivity contribution in [1.82, 2.24) is 84.4 Å². The number of rotatable bonds is 50. The maximum Gasteiger partial charge on any atom is 0.325 e. The topological polar surface area (TPSA) is 648 Å². The molecule has 0 unspecified atom stereocenters. The van der Waals surface area contributed by atoms with Gasteiger partial charge in [-0.2, -0.15) is 12.6 Å². The van der Waals surface area contributed by atoms with Crippen molar-refractivity contribution in [2.75, 3.05) is 31.9 Å². The number of aliphatic hydroxyl groups is 1. The van der Waals surface area contributed by atoms with E-state index in [-0.39, 0.29) is 57.4 Å². The number of nitrogens with one attached hydrogen (secondary N) is 16. The van der Waals surface area contributed by atoms with Gasteiger partial charge in [-0.25, -0.2) is 4.98 Å². The molecule has 0 fully saturated rings. The molecule has 107 heavy (non-hydrogen) atoms. The van der Waals surface area contributed by atoms with Crippen LogP contribution in [0.1, 0.15) is 131 Å². The molecule has 2 rings (SSSR count). The lowest BCUT2D eigenvalue weighted by molar-refractivity contribution is -0.142. The molecule has 1 heterocycles. The van der Waals surface area contributed by atoms with Gasteiger partial charge in [0.25, 0.3) is 0 Å². The summed E-state index contributed by atoms with van der Waals surface area (Å²) >= 11 is 4.29. The Bertz CT molecular complexity index is 3300. The molecule has 14 amide bonds. The van der Waals surface area contributed by atoms with Crippen molar-refractivity contribution in [3.63, 3.8) is 0 Å². The molecule has 0 bridgehead atoms. The van der Waals surface area contributed by atoms with Crippen LogP contribution in [0.15, 0.2) is 42.9 Å². The SMILES string of the molecule is CC(C)[C@H](NC(=O)[C@H](CC(N)=O)NC(=O)CNC(=O)[C@H](C)NC(=O)[C@H](Cc1ccccc1)NC(=O)[C@@H](N)CCCCN)C(=O)N[C@H](C(=O)N[C@@H](CCCNC(=N)N)C(=O)N[C@@H](CCCCN)C(=O)N[C@@H](CS)C(=O)N[C@H](C(=O)N[C@H](C(=O)N[C@@H](Cc1c[nH]cn1)C(=O)N[C@@H](C)C(=O)O)[C@@H](C)O)C(C)C)C(C)C. The lowest BCUT2D eigenvalue weighted by Crippen LogP contribution is -2.63. The molecule has 1 aromatic heterocycles. The van der Waals surface area contributed by atoms with Gasteiger partial charge in [-0.1, -0.05) is 78.3 Å². The van der Waals surface area contributed by atoms with Crippen LogP contribution in [-0.2, 0) is 84.8 Å². The molecule has 0 saturated heterocycles. The number of carboxylic acids is 1. The highest BCUT2D eigenvalue weighted by molar-refractivity contribution is 7.80. The van der Waals surface area contributed by atoms with E-state index in [4.69, 9.17) is 34.1 Å².